The maximum atomic E-state index is 13.5. The van der Waals surface area contributed by atoms with Crippen molar-refractivity contribution in [2.24, 2.45) is 11.8 Å². The molecular formula is C30H38N4O4. The van der Waals surface area contributed by atoms with Gasteiger partial charge < -0.3 is 9.47 Å². The van der Waals surface area contributed by atoms with E-state index in [1.54, 1.807) is 4.52 Å². The first-order chi connectivity index (χ1) is 18.1. The van der Waals surface area contributed by atoms with Gasteiger partial charge >= 0.3 is 5.97 Å². The van der Waals surface area contributed by atoms with Crippen LogP contribution in [0.4, 0.5) is 0 Å². The molecule has 0 N–H and O–H groups in total. The van der Waals surface area contributed by atoms with Gasteiger partial charge in [-0.2, -0.15) is 4.98 Å². The van der Waals surface area contributed by atoms with E-state index >= 15 is 0 Å². The summed E-state index contributed by atoms with van der Waals surface area (Å²) in [6.07, 6.45) is 6.09. The summed E-state index contributed by atoms with van der Waals surface area (Å²) in [7, 11) is 0. The van der Waals surface area contributed by atoms with E-state index in [1.807, 2.05) is 39.8 Å². The van der Waals surface area contributed by atoms with Gasteiger partial charge in [-0.05, 0) is 89.5 Å². The third-order valence-corrected chi connectivity index (χ3v) is 8.04. The molecule has 1 aliphatic carbocycles. The summed E-state index contributed by atoms with van der Waals surface area (Å²) in [5, 5.41) is 4.51. The van der Waals surface area contributed by atoms with E-state index in [0.29, 0.717) is 18.0 Å². The van der Waals surface area contributed by atoms with Gasteiger partial charge in [0.2, 0.25) is 0 Å². The van der Waals surface area contributed by atoms with Gasteiger partial charge in [0.15, 0.2) is 11.6 Å². The number of ketones is 1. The lowest BCUT2D eigenvalue weighted by Gasteiger charge is -2.43. The number of fused-ring (bicyclic) bond motifs is 1. The van der Waals surface area contributed by atoms with Crippen LogP contribution in [0.15, 0.2) is 24.3 Å². The van der Waals surface area contributed by atoms with Crippen LogP contribution in [0.3, 0.4) is 0 Å². The van der Waals surface area contributed by atoms with E-state index in [0.717, 1.165) is 60.4 Å². The van der Waals surface area contributed by atoms with Crippen LogP contribution in [0.1, 0.15) is 80.7 Å². The minimum Gasteiger partial charge on any atom is -0.491 e. The standard InChI is InChI=1S/C30H38N4O4/c1-18(2)37-26-11-10-22(14-19(26)3)12-13-30(23-8-6-7-9-23)17-25(35)24(28(36)38-30)16-27-32-29-31-20(4)15-21(5)34(29)33-27/h10-11,14-15,18,23-24H,6-9,12-13,16-17H2,1-5H3. The summed E-state index contributed by atoms with van der Waals surface area (Å²) in [6, 6.07) is 8.16. The van der Waals surface area contributed by atoms with E-state index in [9.17, 15) is 9.59 Å². The molecular weight excluding hydrogens is 480 g/mol. The quantitative estimate of drug-likeness (QED) is 0.303. The number of aromatic nitrogens is 4. The zero-order valence-corrected chi connectivity index (χ0v) is 23.1. The predicted octanol–water partition coefficient (Wildman–Crippen LogP) is 5.07. The summed E-state index contributed by atoms with van der Waals surface area (Å²) < 4.78 is 13.8. The average Bonchev–Trinajstić information content (AvgIpc) is 3.52. The SMILES string of the molecule is Cc1cc(C)n2nc(CC3C(=O)CC(CCc4ccc(OC(C)C)c(C)c4)(C4CCCC4)OC3=O)nc2n1. The van der Waals surface area contributed by atoms with Crippen LogP contribution in [0.25, 0.3) is 5.78 Å². The minimum atomic E-state index is -0.877. The molecule has 2 aliphatic rings. The van der Waals surface area contributed by atoms with Gasteiger partial charge in [-0.25, -0.2) is 9.50 Å². The molecule has 8 nitrogen and oxygen atoms in total. The monoisotopic (exact) mass is 518 g/mol. The maximum Gasteiger partial charge on any atom is 0.317 e. The highest BCUT2D eigenvalue weighted by Crippen LogP contribution is 2.45. The molecule has 0 bridgehead atoms. The van der Waals surface area contributed by atoms with Crippen molar-refractivity contribution in [2.45, 2.75) is 97.7 Å². The third-order valence-electron chi connectivity index (χ3n) is 8.04. The molecule has 3 heterocycles. The molecule has 0 radical (unpaired) electrons. The largest absolute Gasteiger partial charge is 0.491 e. The number of ether oxygens (including phenoxy) is 2. The van der Waals surface area contributed by atoms with Crippen molar-refractivity contribution >= 4 is 17.5 Å². The topological polar surface area (TPSA) is 95.7 Å². The fourth-order valence-electron chi connectivity index (χ4n) is 6.16. The molecule has 8 heteroatoms. The first-order valence-corrected chi connectivity index (χ1v) is 13.9. The molecule has 2 aromatic heterocycles. The Labute approximate surface area is 224 Å². The first-order valence-electron chi connectivity index (χ1n) is 13.9. The predicted molar refractivity (Wildman–Crippen MR) is 143 cm³/mol. The number of hydrogen-bond acceptors (Lipinski definition) is 7. The van der Waals surface area contributed by atoms with Gasteiger partial charge in [0.05, 0.1) is 6.10 Å². The Bertz CT molecular complexity index is 1340. The fraction of sp³-hybridized carbons (Fsp3) is 0.567. The van der Waals surface area contributed by atoms with Crippen molar-refractivity contribution in [3.8, 4) is 5.75 Å². The van der Waals surface area contributed by atoms with Gasteiger partial charge in [0.25, 0.3) is 5.78 Å². The molecule has 1 saturated heterocycles. The maximum absolute atomic E-state index is 13.5. The molecule has 3 aromatic rings. The number of carbonyl (C=O) groups is 2. The number of Topliss-reactive ketones (excluding diaryl/α,β-unsaturated/α-hetero) is 1. The van der Waals surface area contributed by atoms with Gasteiger partial charge in [-0.1, -0.05) is 25.0 Å². The van der Waals surface area contributed by atoms with Crippen LogP contribution >= 0.6 is 0 Å². The number of rotatable bonds is 8. The van der Waals surface area contributed by atoms with Crippen molar-refractivity contribution in [1.82, 2.24) is 19.6 Å². The molecule has 2 atom stereocenters. The van der Waals surface area contributed by atoms with Crippen LogP contribution in [0.2, 0.25) is 0 Å². The van der Waals surface area contributed by atoms with Crippen LogP contribution < -0.4 is 4.74 Å². The number of benzene rings is 1. The summed E-state index contributed by atoms with van der Waals surface area (Å²) in [4.78, 5) is 35.8. The first kappa shape index (κ1) is 26.3. The number of aryl methyl sites for hydroxylation is 4. The lowest BCUT2D eigenvalue weighted by molar-refractivity contribution is -0.185. The normalized spacial score (nSPS) is 22.4. The number of hydrogen-bond donors (Lipinski definition) is 0. The molecule has 202 valence electrons. The van der Waals surface area contributed by atoms with Crippen LogP contribution in [-0.2, 0) is 27.2 Å². The number of cyclic esters (lactones) is 1. The van der Waals surface area contributed by atoms with E-state index in [1.165, 1.54) is 0 Å². The Morgan fingerprint density at radius 3 is 2.55 bits per heavy atom. The number of nitrogens with zero attached hydrogens (tertiary/aromatic N) is 4. The molecule has 1 saturated carbocycles. The molecule has 5 rings (SSSR count). The van der Waals surface area contributed by atoms with E-state index in [2.05, 4.69) is 34.1 Å². The summed E-state index contributed by atoms with van der Waals surface area (Å²) in [5.74, 6) is 0.637. The molecule has 38 heavy (non-hydrogen) atoms. The van der Waals surface area contributed by atoms with Gasteiger partial charge in [0.1, 0.15) is 17.3 Å². The summed E-state index contributed by atoms with van der Waals surface area (Å²) in [5.41, 5.74) is 3.25. The second-order valence-electron chi connectivity index (χ2n) is 11.4. The van der Waals surface area contributed by atoms with Crippen molar-refractivity contribution in [3.63, 3.8) is 0 Å². The highest BCUT2D eigenvalue weighted by Gasteiger charge is 2.51. The summed E-state index contributed by atoms with van der Waals surface area (Å²) in [6.45, 7) is 9.92. The Morgan fingerprint density at radius 1 is 1.11 bits per heavy atom. The minimum absolute atomic E-state index is 0.0651. The summed E-state index contributed by atoms with van der Waals surface area (Å²) >= 11 is 0. The van der Waals surface area contributed by atoms with Crippen molar-refractivity contribution in [2.75, 3.05) is 0 Å². The highest BCUT2D eigenvalue weighted by atomic mass is 16.6. The van der Waals surface area contributed by atoms with Crippen LogP contribution in [0.5, 0.6) is 5.75 Å². The Balaban J connectivity index is 1.33. The van der Waals surface area contributed by atoms with Gasteiger partial charge in [-0.15, -0.1) is 5.10 Å². The van der Waals surface area contributed by atoms with Crippen molar-refractivity contribution < 1.29 is 19.1 Å². The van der Waals surface area contributed by atoms with Gasteiger partial charge in [0, 0.05) is 24.2 Å². The third kappa shape index (κ3) is 5.31. The highest BCUT2D eigenvalue weighted by molar-refractivity contribution is 6.01. The van der Waals surface area contributed by atoms with Crippen molar-refractivity contribution in [3.05, 3.63) is 52.6 Å². The molecule has 0 amide bonds. The van der Waals surface area contributed by atoms with Crippen LogP contribution in [0, 0.1) is 32.6 Å². The fourth-order valence-corrected chi connectivity index (χ4v) is 6.16. The second kappa shape index (κ2) is 10.5. The molecule has 2 fully saturated rings. The van der Waals surface area contributed by atoms with E-state index < -0.39 is 17.5 Å². The van der Waals surface area contributed by atoms with Crippen LogP contribution in [-0.4, -0.2) is 43.0 Å². The lowest BCUT2D eigenvalue weighted by atomic mass is 9.73. The average molecular weight is 519 g/mol. The van der Waals surface area contributed by atoms with E-state index in [-0.39, 0.29) is 30.6 Å². The van der Waals surface area contributed by atoms with Crippen molar-refractivity contribution in [1.29, 1.82) is 0 Å². The molecule has 2 unspecified atom stereocenters. The van der Waals surface area contributed by atoms with Gasteiger partial charge in [-0.3, -0.25) is 9.59 Å². The second-order valence-corrected chi connectivity index (χ2v) is 11.4. The van der Waals surface area contributed by atoms with E-state index in [4.69, 9.17) is 9.47 Å². The Kier molecular flexibility index (Phi) is 7.25. The Hall–Kier alpha value is -3.29. The Morgan fingerprint density at radius 2 is 1.87 bits per heavy atom. The smallest absolute Gasteiger partial charge is 0.317 e. The zero-order valence-electron chi connectivity index (χ0n) is 23.1. The molecule has 1 aliphatic heterocycles. The molecule has 0 spiro atoms. The number of esters is 1. The zero-order chi connectivity index (χ0) is 27.0. The lowest BCUT2D eigenvalue weighted by Crippen LogP contribution is -2.52. The number of carbonyl (C=O) groups excluding carboxylic acids is 2. The molecule has 1 aromatic carbocycles.